The van der Waals surface area contributed by atoms with Crippen LogP contribution in [0.1, 0.15) is 155 Å². The van der Waals surface area contributed by atoms with E-state index in [1.54, 1.807) is 6.08 Å². The highest BCUT2D eigenvalue weighted by Gasteiger charge is 2.15. The van der Waals surface area contributed by atoms with Crippen molar-refractivity contribution >= 4 is 12.1 Å². The second kappa shape index (κ2) is 25.3. The van der Waals surface area contributed by atoms with Gasteiger partial charge in [0, 0.05) is 0 Å². The summed E-state index contributed by atoms with van der Waals surface area (Å²) in [7, 11) is 0. The van der Waals surface area contributed by atoms with E-state index in [1.165, 1.54) is 109 Å². The number of hydrogen-bond donors (Lipinski definition) is 0. The van der Waals surface area contributed by atoms with E-state index in [-0.39, 0.29) is 5.78 Å². The van der Waals surface area contributed by atoms with Crippen molar-refractivity contribution in [1.29, 1.82) is 0 Å². The predicted octanol–water partition coefficient (Wildman–Crippen LogP) is 9.46. The zero-order valence-electron chi connectivity index (χ0n) is 21.1. The van der Waals surface area contributed by atoms with E-state index in [1.807, 2.05) is 12.4 Å². The molecule has 0 aromatic rings. The van der Waals surface area contributed by atoms with Crippen LogP contribution in [0.3, 0.4) is 0 Å². The Morgan fingerprint density at radius 2 is 1.00 bits per heavy atom. The summed E-state index contributed by atoms with van der Waals surface area (Å²) in [5.41, 5.74) is 0. The minimum absolute atomic E-state index is 0.0435. The van der Waals surface area contributed by atoms with Crippen LogP contribution in [0.5, 0.6) is 0 Å². The van der Waals surface area contributed by atoms with Gasteiger partial charge in [-0.2, -0.15) is 0 Å². The minimum atomic E-state index is -0.544. The summed E-state index contributed by atoms with van der Waals surface area (Å²) >= 11 is 0. The summed E-state index contributed by atoms with van der Waals surface area (Å²) < 4.78 is 0. The van der Waals surface area contributed by atoms with E-state index in [2.05, 4.69) is 13.8 Å². The molecule has 0 fully saturated rings. The maximum Gasteiger partial charge on any atom is 0.209 e. The molecule has 0 aliphatic heterocycles. The van der Waals surface area contributed by atoms with E-state index in [0.29, 0.717) is 6.42 Å². The normalized spacial score (nSPS) is 12.5. The van der Waals surface area contributed by atoms with Crippen LogP contribution in [0, 0.1) is 5.92 Å². The van der Waals surface area contributed by atoms with Crippen molar-refractivity contribution in [1.82, 2.24) is 0 Å². The third-order valence-corrected chi connectivity index (χ3v) is 6.34. The molecule has 1 radical (unpaired) electrons. The summed E-state index contributed by atoms with van der Waals surface area (Å²) in [6.45, 7) is 4.52. The number of carbonyl (C=O) groups excluding carboxylic acids is 2. The molecule has 1 atom stereocenters. The van der Waals surface area contributed by atoms with Gasteiger partial charge >= 0.3 is 0 Å². The minimum Gasteiger partial charge on any atom is -0.294 e. The zero-order valence-corrected chi connectivity index (χ0v) is 21.1. The van der Waals surface area contributed by atoms with Crippen LogP contribution in [-0.4, -0.2) is 12.1 Å². The van der Waals surface area contributed by atoms with Crippen molar-refractivity contribution in [2.75, 3.05) is 0 Å². The third kappa shape index (κ3) is 22.1. The topological polar surface area (TPSA) is 34.1 Å². The Kier molecular flexibility index (Phi) is 24.6. The molecule has 0 N–H and O–H groups in total. The fraction of sp³-hybridized carbons (Fsp3) is 0.862. The Labute approximate surface area is 195 Å². The smallest absolute Gasteiger partial charge is 0.209 e. The predicted molar refractivity (Wildman–Crippen MR) is 136 cm³/mol. The number of unbranched alkanes of at least 4 members (excludes halogenated alkanes) is 19. The van der Waals surface area contributed by atoms with Gasteiger partial charge in [0.15, 0.2) is 5.78 Å². The summed E-state index contributed by atoms with van der Waals surface area (Å²) in [5, 5.41) is 0. The molecule has 0 rings (SSSR count). The SMILES string of the molecule is CCCCCCCCCCCC=CC(=O)C([C]=O)CCCCCCCCCCCCC. The second-order valence-corrected chi connectivity index (χ2v) is 9.42. The molecule has 0 aliphatic carbocycles. The lowest BCUT2D eigenvalue weighted by atomic mass is 9.96. The molecule has 0 aliphatic rings. The quantitative estimate of drug-likeness (QED) is 0.0816. The number of allylic oxidation sites excluding steroid dienone is 2. The van der Waals surface area contributed by atoms with Gasteiger partial charge < -0.3 is 0 Å². The van der Waals surface area contributed by atoms with Crippen molar-refractivity contribution in [3.05, 3.63) is 12.2 Å². The van der Waals surface area contributed by atoms with E-state index in [0.717, 1.165) is 25.7 Å². The maximum atomic E-state index is 12.2. The van der Waals surface area contributed by atoms with Crippen molar-refractivity contribution in [2.45, 2.75) is 155 Å². The van der Waals surface area contributed by atoms with Gasteiger partial charge in [-0.15, -0.1) is 0 Å². The summed E-state index contributed by atoms with van der Waals surface area (Å²) in [5.74, 6) is -0.587. The molecule has 0 aromatic heterocycles. The monoisotopic (exact) mass is 433 g/mol. The Hall–Kier alpha value is -0.920. The first kappa shape index (κ1) is 30.1. The van der Waals surface area contributed by atoms with Crippen LogP contribution in [0.25, 0.3) is 0 Å². The molecule has 0 saturated heterocycles. The molecule has 1 unspecified atom stereocenters. The number of hydrogen-bond acceptors (Lipinski definition) is 2. The first-order valence-corrected chi connectivity index (χ1v) is 13.8. The van der Waals surface area contributed by atoms with Gasteiger partial charge in [-0.05, 0) is 25.3 Å². The van der Waals surface area contributed by atoms with Crippen LogP contribution in [0.2, 0.25) is 0 Å². The highest BCUT2D eigenvalue weighted by molar-refractivity contribution is 6.00. The lowest BCUT2D eigenvalue weighted by molar-refractivity contribution is -0.116. The molecular weight excluding hydrogens is 380 g/mol. The first-order valence-electron chi connectivity index (χ1n) is 13.8. The highest BCUT2D eigenvalue weighted by atomic mass is 16.1. The molecule has 0 spiro atoms. The third-order valence-electron chi connectivity index (χ3n) is 6.34. The Balaban J connectivity index is 3.56. The van der Waals surface area contributed by atoms with Crippen molar-refractivity contribution in [3.8, 4) is 0 Å². The van der Waals surface area contributed by atoms with Gasteiger partial charge in [0.05, 0.1) is 5.92 Å². The first-order chi connectivity index (χ1) is 15.3. The molecule has 2 heteroatoms. The van der Waals surface area contributed by atoms with Gasteiger partial charge in [0.25, 0.3) is 0 Å². The van der Waals surface area contributed by atoms with E-state index in [4.69, 9.17) is 0 Å². The van der Waals surface area contributed by atoms with Gasteiger partial charge in [-0.3, -0.25) is 9.59 Å². The van der Waals surface area contributed by atoms with Crippen molar-refractivity contribution in [2.24, 2.45) is 5.92 Å². The zero-order chi connectivity index (χ0) is 22.8. The maximum absolute atomic E-state index is 12.2. The molecule has 0 saturated carbocycles. The van der Waals surface area contributed by atoms with Crippen LogP contribution >= 0.6 is 0 Å². The number of rotatable bonds is 25. The second-order valence-electron chi connectivity index (χ2n) is 9.42. The fourth-order valence-corrected chi connectivity index (χ4v) is 4.16. The van der Waals surface area contributed by atoms with Crippen molar-refractivity contribution < 1.29 is 9.59 Å². The molecule has 0 bridgehead atoms. The largest absolute Gasteiger partial charge is 0.294 e. The van der Waals surface area contributed by atoms with Crippen LogP contribution in [-0.2, 0) is 9.59 Å². The molecule has 0 heterocycles. The van der Waals surface area contributed by atoms with Gasteiger partial charge in [0.2, 0.25) is 6.29 Å². The van der Waals surface area contributed by atoms with E-state index >= 15 is 0 Å². The van der Waals surface area contributed by atoms with Crippen LogP contribution in [0.15, 0.2) is 12.2 Å². The summed E-state index contributed by atoms with van der Waals surface area (Å²) in [6.07, 6.45) is 33.2. The Bertz CT molecular complexity index is 413. The standard InChI is InChI=1S/C29H53O2/c1-3-5-7-9-11-13-15-17-19-21-23-25-28(27-30)29(31)26-24-22-20-18-16-14-12-10-8-6-4-2/h24,26,28H,3-23,25H2,1-2H3. The summed E-state index contributed by atoms with van der Waals surface area (Å²) in [6, 6.07) is 0. The molecular formula is C29H53O2. The average molecular weight is 434 g/mol. The lowest BCUT2D eigenvalue weighted by Gasteiger charge is -2.06. The Morgan fingerprint density at radius 3 is 1.42 bits per heavy atom. The van der Waals surface area contributed by atoms with E-state index < -0.39 is 5.92 Å². The average Bonchev–Trinajstić information content (AvgIpc) is 2.78. The molecule has 0 amide bonds. The lowest BCUT2D eigenvalue weighted by Crippen LogP contribution is -2.13. The molecule has 31 heavy (non-hydrogen) atoms. The van der Waals surface area contributed by atoms with Crippen molar-refractivity contribution in [3.63, 3.8) is 0 Å². The van der Waals surface area contributed by atoms with Crippen LogP contribution in [0.4, 0.5) is 0 Å². The molecule has 181 valence electrons. The Morgan fingerprint density at radius 1 is 0.613 bits per heavy atom. The number of ketones is 1. The molecule has 2 nitrogen and oxygen atoms in total. The number of carbonyl (C=O) groups is 1. The molecule has 0 aromatic carbocycles. The summed E-state index contributed by atoms with van der Waals surface area (Å²) in [4.78, 5) is 23.4. The fourth-order valence-electron chi connectivity index (χ4n) is 4.16. The van der Waals surface area contributed by atoms with Gasteiger partial charge in [0.1, 0.15) is 0 Å². The highest BCUT2D eigenvalue weighted by Crippen LogP contribution is 2.15. The van der Waals surface area contributed by atoms with Gasteiger partial charge in [-0.25, -0.2) is 0 Å². The van der Waals surface area contributed by atoms with Gasteiger partial charge in [-0.1, -0.05) is 142 Å². The van der Waals surface area contributed by atoms with E-state index in [9.17, 15) is 9.59 Å². The van der Waals surface area contributed by atoms with Crippen LogP contribution < -0.4 is 0 Å².